The molecule has 1 unspecified atom stereocenters. The number of hydrogen-bond donors (Lipinski definition) is 2. The van der Waals surface area contributed by atoms with Gasteiger partial charge in [0.2, 0.25) is 17.7 Å². The van der Waals surface area contributed by atoms with Gasteiger partial charge in [-0.3, -0.25) is 9.59 Å². The zero-order valence-corrected chi connectivity index (χ0v) is 17.2. The minimum atomic E-state index is -0.325. The fourth-order valence-electron chi connectivity index (χ4n) is 2.77. The summed E-state index contributed by atoms with van der Waals surface area (Å²) in [5.41, 5.74) is 1.84. The van der Waals surface area contributed by atoms with Gasteiger partial charge in [0, 0.05) is 11.6 Å². The minimum Gasteiger partial charge on any atom is -0.343 e. The van der Waals surface area contributed by atoms with Crippen molar-refractivity contribution in [2.75, 3.05) is 16.8 Å². The zero-order chi connectivity index (χ0) is 20.1. The van der Waals surface area contributed by atoms with Gasteiger partial charge in [0.05, 0.1) is 11.5 Å². The van der Waals surface area contributed by atoms with E-state index in [0.717, 1.165) is 29.9 Å². The van der Waals surface area contributed by atoms with Gasteiger partial charge in [-0.2, -0.15) is 4.98 Å². The Morgan fingerprint density at radius 3 is 2.68 bits per heavy atom. The van der Waals surface area contributed by atoms with Crippen molar-refractivity contribution in [1.29, 1.82) is 0 Å². The molecular weight excluding hydrogens is 376 g/mol. The summed E-state index contributed by atoms with van der Waals surface area (Å²) < 4.78 is 5.36. The summed E-state index contributed by atoms with van der Waals surface area (Å²) in [5, 5.41) is 9.81. The predicted octanol–water partition coefficient (Wildman–Crippen LogP) is 3.44. The van der Waals surface area contributed by atoms with Gasteiger partial charge in [-0.25, -0.2) is 0 Å². The first-order chi connectivity index (χ1) is 13.4. The third-order valence-electron chi connectivity index (χ3n) is 4.42. The molecule has 1 fully saturated rings. The maximum atomic E-state index is 12.3. The molecule has 2 aromatic rings. The van der Waals surface area contributed by atoms with Gasteiger partial charge in [0.1, 0.15) is 6.04 Å². The van der Waals surface area contributed by atoms with Crippen molar-refractivity contribution < 1.29 is 14.1 Å². The number of rotatable bonds is 9. The number of hydrogen-bond acceptors (Lipinski definition) is 6. The summed E-state index contributed by atoms with van der Waals surface area (Å²) in [5.74, 6) is 1.82. The highest BCUT2D eigenvalue weighted by Gasteiger charge is 2.31. The lowest BCUT2D eigenvalue weighted by Gasteiger charge is -2.18. The van der Waals surface area contributed by atoms with Crippen LogP contribution in [-0.4, -0.2) is 33.5 Å². The summed E-state index contributed by atoms with van der Waals surface area (Å²) in [7, 11) is 0. The van der Waals surface area contributed by atoms with E-state index in [1.165, 1.54) is 11.8 Å². The van der Waals surface area contributed by atoms with Crippen molar-refractivity contribution in [1.82, 2.24) is 15.5 Å². The number of nitrogens with one attached hydrogen (secondary N) is 2. The standard InChI is InChI=1S/C20H26N4O3S/c1-12(2)18(20-23-19(24-27-20)14-7-8-14)22-17(26)11-28-10-16(25)21-15-6-4-5-13(3)9-15/h4-6,9,12,14,18H,7-8,10-11H2,1-3H3,(H,21,25)(H,22,26). The molecule has 1 aliphatic carbocycles. The van der Waals surface area contributed by atoms with Gasteiger partial charge in [0.15, 0.2) is 5.82 Å². The normalized spacial score (nSPS) is 14.7. The average Bonchev–Trinajstić information content (AvgIpc) is 3.37. The van der Waals surface area contributed by atoms with Crippen molar-refractivity contribution in [3.05, 3.63) is 41.5 Å². The molecule has 0 bridgehead atoms. The molecule has 2 amide bonds. The number of aromatic nitrogens is 2. The number of benzene rings is 1. The van der Waals surface area contributed by atoms with Crippen molar-refractivity contribution in [3.63, 3.8) is 0 Å². The summed E-state index contributed by atoms with van der Waals surface area (Å²) in [6.45, 7) is 5.96. The summed E-state index contributed by atoms with van der Waals surface area (Å²) in [6.07, 6.45) is 2.19. The highest BCUT2D eigenvalue weighted by Crippen LogP contribution is 2.38. The highest BCUT2D eigenvalue weighted by molar-refractivity contribution is 8.00. The molecule has 2 N–H and O–H groups in total. The van der Waals surface area contributed by atoms with Gasteiger partial charge >= 0.3 is 0 Å². The molecule has 28 heavy (non-hydrogen) atoms. The van der Waals surface area contributed by atoms with E-state index in [9.17, 15) is 9.59 Å². The van der Waals surface area contributed by atoms with Crippen LogP contribution in [0.4, 0.5) is 5.69 Å². The highest BCUT2D eigenvalue weighted by atomic mass is 32.2. The van der Waals surface area contributed by atoms with E-state index in [4.69, 9.17) is 4.52 Å². The lowest BCUT2D eigenvalue weighted by atomic mass is 10.0. The van der Waals surface area contributed by atoms with E-state index in [2.05, 4.69) is 20.8 Å². The number of carbonyl (C=O) groups excluding carboxylic acids is 2. The smallest absolute Gasteiger partial charge is 0.249 e. The number of carbonyl (C=O) groups is 2. The maximum Gasteiger partial charge on any atom is 0.249 e. The number of anilines is 1. The van der Waals surface area contributed by atoms with Crippen LogP contribution >= 0.6 is 11.8 Å². The average molecular weight is 403 g/mol. The van der Waals surface area contributed by atoms with Crippen molar-refractivity contribution >= 4 is 29.3 Å². The third kappa shape index (κ3) is 5.82. The van der Waals surface area contributed by atoms with Gasteiger partial charge in [-0.05, 0) is 43.4 Å². The molecule has 3 rings (SSSR count). The Labute approximate surface area is 169 Å². The lowest BCUT2D eigenvalue weighted by molar-refractivity contribution is -0.119. The number of amides is 2. The molecule has 1 aliphatic rings. The Kier molecular flexibility index (Phi) is 6.72. The number of thioether (sulfide) groups is 1. The largest absolute Gasteiger partial charge is 0.343 e. The second-order valence-electron chi connectivity index (χ2n) is 7.46. The van der Waals surface area contributed by atoms with E-state index in [1.807, 2.05) is 45.0 Å². The maximum absolute atomic E-state index is 12.3. The van der Waals surface area contributed by atoms with Crippen molar-refractivity contribution in [2.24, 2.45) is 5.92 Å². The Balaban J connectivity index is 1.44. The van der Waals surface area contributed by atoms with Gasteiger partial charge in [-0.15, -0.1) is 11.8 Å². The van der Waals surface area contributed by atoms with Gasteiger partial charge in [0.25, 0.3) is 0 Å². The Bertz CT molecular complexity index is 832. The Morgan fingerprint density at radius 2 is 2.00 bits per heavy atom. The number of nitrogens with zero attached hydrogens (tertiary/aromatic N) is 2. The molecule has 1 aromatic carbocycles. The molecule has 150 valence electrons. The molecule has 1 heterocycles. The van der Waals surface area contributed by atoms with E-state index in [1.54, 1.807) is 0 Å². The lowest BCUT2D eigenvalue weighted by Crippen LogP contribution is -2.33. The summed E-state index contributed by atoms with van der Waals surface area (Å²) in [4.78, 5) is 28.8. The van der Waals surface area contributed by atoms with E-state index in [0.29, 0.717) is 11.8 Å². The Hall–Kier alpha value is -2.35. The van der Waals surface area contributed by atoms with Crippen LogP contribution in [0.25, 0.3) is 0 Å². The SMILES string of the molecule is Cc1cccc(NC(=O)CSCC(=O)NC(c2nc(C3CC3)no2)C(C)C)c1. The third-order valence-corrected chi connectivity index (χ3v) is 5.35. The van der Waals surface area contributed by atoms with Crippen molar-refractivity contribution in [2.45, 2.75) is 45.6 Å². The molecule has 0 spiro atoms. The van der Waals surface area contributed by atoms with Crippen molar-refractivity contribution in [3.8, 4) is 0 Å². The Morgan fingerprint density at radius 1 is 1.25 bits per heavy atom. The van der Waals surface area contributed by atoms with E-state index < -0.39 is 0 Å². The summed E-state index contributed by atoms with van der Waals surface area (Å²) in [6, 6.07) is 7.29. The topological polar surface area (TPSA) is 97.1 Å². The molecule has 7 nitrogen and oxygen atoms in total. The van der Waals surface area contributed by atoms with Crippen LogP contribution in [0.5, 0.6) is 0 Å². The van der Waals surface area contributed by atoms with E-state index >= 15 is 0 Å². The second-order valence-corrected chi connectivity index (χ2v) is 8.45. The van der Waals surface area contributed by atoms with Crippen LogP contribution in [0.2, 0.25) is 0 Å². The second kappa shape index (κ2) is 9.23. The predicted molar refractivity (Wildman–Crippen MR) is 109 cm³/mol. The van der Waals surface area contributed by atoms with Crippen LogP contribution in [0, 0.1) is 12.8 Å². The molecule has 0 aliphatic heterocycles. The van der Waals surface area contributed by atoms with Crippen LogP contribution in [0.3, 0.4) is 0 Å². The van der Waals surface area contributed by atoms with Crippen LogP contribution in [0.15, 0.2) is 28.8 Å². The zero-order valence-electron chi connectivity index (χ0n) is 16.4. The first-order valence-corrected chi connectivity index (χ1v) is 10.6. The summed E-state index contributed by atoms with van der Waals surface area (Å²) >= 11 is 1.27. The molecule has 8 heteroatoms. The molecular formula is C20H26N4O3S. The van der Waals surface area contributed by atoms with Crippen LogP contribution < -0.4 is 10.6 Å². The molecule has 0 radical (unpaired) electrons. The van der Waals surface area contributed by atoms with E-state index in [-0.39, 0.29) is 35.3 Å². The monoisotopic (exact) mass is 402 g/mol. The molecule has 0 saturated heterocycles. The molecule has 1 aromatic heterocycles. The quantitative estimate of drug-likeness (QED) is 0.667. The first kappa shape index (κ1) is 20.4. The first-order valence-electron chi connectivity index (χ1n) is 9.49. The van der Waals surface area contributed by atoms with Crippen LogP contribution in [0.1, 0.15) is 55.9 Å². The fraction of sp³-hybridized carbons (Fsp3) is 0.500. The van der Waals surface area contributed by atoms with Crippen LogP contribution in [-0.2, 0) is 9.59 Å². The minimum absolute atomic E-state index is 0.117. The fourth-order valence-corrected chi connectivity index (χ4v) is 3.39. The molecule has 1 atom stereocenters. The number of aryl methyl sites for hydroxylation is 1. The van der Waals surface area contributed by atoms with Gasteiger partial charge < -0.3 is 15.2 Å². The van der Waals surface area contributed by atoms with Gasteiger partial charge in [-0.1, -0.05) is 31.1 Å². The molecule has 1 saturated carbocycles.